The minimum atomic E-state index is 0.187. The van der Waals surface area contributed by atoms with Crippen LogP contribution in [0.25, 0.3) is 0 Å². The second-order valence-electron chi connectivity index (χ2n) is 3.34. The Bertz CT molecular complexity index is 239. The molecule has 12 heavy (non-hydrogen) atoms. The maximum absolute atomic E-state index is 8.72. The molecule has 0 amide bonds. The third kappa shape index (κ3) is 1.39. The summed E-state index contributed by atoms with van der Waals surface area (Å²) in [6, 6.07) is 2.10. The van der Waals surface area contributed by atoms with Gasteiger partial charge in [-0.05, 0) is 30.9 Å². The summed E-state index contributed by atoms with van der Waals surface area (Å²) in [6.45, 7) is 0.187. The van der Waals surface area contributed by atoms with Crippen LogP contribution >= 0.6 is 0 Å². The Kier molecular flexibility index (Phi) is 2.17. The predicted molar refractivity (Wildman–Crippen MR) is 46.1 cm³/mol. The summed E-state index contributed by atoms with van der Waals surface area (Å²) in [5.74, 6) is 2.11. The molecule has 0 saturated carbocycles. The molecule has 66 valence electrons. The maximum Gasteiger partial charge on any atom is 0.107 e. The largest absolute Gasteiger partial charge is 0.466 e. The van der Waals surface area contributed by atoms with Gasteiger partial charge in [-0.2, -0.15) is 0 Å². The van der Waals surface area contributed by atoms with Gasteiger partial charge in [-0.1, -0.05) is 0 Å². The van der Waals surface area contributed by atoms with Crippen LogP contribution in [0.4, 0.5) is 0 Å². The Morgan fingerprint density at radius 1 is 1.33 bits per heavy atom. The summed E-state index contributed by atoms with van der Waals surface area (Å²) < 4.78 is 5.59. The van der Waals surface area contributed by atoms with E-state index in [1.54, 1.807) is 0 Å². The van der Waals surface area contributed by atoms with Crippen LogP contribution in [0.1, 0.15) is 29.9 Å². The standard InChI is InChI=1S/C10H14O2/c11-6-5-9-7-8-3-1-2-4-10(8)12-9/h7,11H,1-6H2. The topological polar surface area (TPSA) is 33.4 Å². The van der Waals surface area contributed by atoms with E-state index in [-0.39, 0.29) is 6.61 Å². The molecule has 0 aromatic carbocycles. The van der Waals surface area contributed by atoms with Crippen LogP contribution < -0.4 is 0 Å². The summed E-state index contributed by atoms with van der Waals surface area (Å²) in [6.07, 6.45) is 5.43. The van der Waals surface area contributed by atoms with Gasteiger partial charge in [-0.25, -0.2) is 0 Å². The van der Waals surface area contributed by atoms with E-state index < -0.39 is 0 Å². The lowest BCUT2D eigenvalue weighted by Crippen LogP contribution is -1.97. The van der Waals surface area contributed by atoms with Crippen molar-refractivity contribution in [3.05, 3.63) is 23.2 Å². The Morgan fingerprint density at radius 3 is 2.92 bits per heavy atom. The van der Waals surface area contributed by atoms with Gasteiger partial charge in [-0.15, -0.1) is 0 Å². The van der Waals surface area contributed by atoms with Gasteiger partial charge in [-0.3, -0.25) is 0 Å². The van der Waals surface area contributed by atoms with Gasteiger partial charge in [0.2, 0.25) is 0 Å². The molecule has 0 radical (unpaired) electrons. The van der Waals surface area contributed by atoms with Crippen LogP contribution in [0.15, 0.2) is 10.5 Å². The Balaban J connectivity index is 2.20. The van der Waals surface area contributed by atoms with Crippen LogP contribution in [0.5, 0.6) is 0 Å². The smallest absolute Gasteiger partial charge is 0.107 e. The fraction of sp³-hybridized carbons (Fsp3) is 0.600. The Labute approximate surface area is 72.2 Å². The number of aliphatic hydroxyl groups excluding tert-OH is 1. The van der Waals surface area contributed by atoms with E-state index in [9.17, 15) is 0 Å². The first-order valence-corrected chi connectivity index (χ1v) is 4.61. The normalized spacial score (nSPS) is 16.1. The van der Waals surface area contributed by atoms with Gasteiger partial charge in [0.25, 0.3) is 0 Å². The quantitative estimate of drug-likeness (QED) is 0.725. The van der Waals surface area contributed by atoms with E-state index in [1.165, 1.54) is 18.4 Å². The molecule has 0 atom stereocenters. The van der Waals surface area contributed by atoms with Crippen LogP contribution in [-0.2, 0) is 19.3 Å². The summed E-state index contributed by atoms with van der Waals surface area (Å²) in [5, 5.41) is 8.72. The van der Waals surface area contributed by atoms with Crippen molar-refractivity contribution in [2.75, 3.05) is 6.61 Å². The molecule has 0 fully saturated rings. The van der Waals surface area contributed by atoms with Crippen molar-refractivity contribution in [3.63, 3.8) is 0 Å². The minimum absolute atomic E-state index is 0.187. The maximum atomic E-state index is 8.72. The first-order valence-electron chi connectivity index (χ1n) is 4.61. The van der Waals surface area contributed by atoms with Crippen molar-refractivity contribution in [3.8, 4) is 0 Å². The van der Waals surface area contributed by atoms with E-state index in [4.69, 9.17) is 9.52 Å². The van der Waals surface area contributed by atoms with E-state index in [1.807, 2.05) is 0 Å². The van der Waals surface area contributed by atoms with Crippen molar-refractivity contribution in [1.82, 2.24) is 0 Å². The number of hydrogen-bond acceptors (Lipinski definition) is 2. The number of furan rings is 1. The molecule has 1 aliphatic rings. The van der Waals surface area contributed by atoms with Crippen molar-refractivity contribution >= 4 is 0 Å². The Morgan fingerprint density at radius 2 is 2.17 bits per heavy atom. The van der Waals surface area contributed by atoms with E-state index in [2.05, 4.69) is 6.07 Å². The average Bonchev–Trinajstić information content (AvgIpc) is 2.47. The summed E-state index contributed by atoms with van der Waals surface area (Å²) >= 11 is 0. The van der Waals surface area contributed by atoms with Crippen molar-refractivity contribution in [2.24, 2.45) is 0 Å². The highest BCUT2D eigenvalue weighted by molar-refractivity contribution is 5.24. The second kappa shape index (κ2) is 3.31. The molecule has 0 aliphatic heterocycles. The molecule has 2 heteroatoms. The number of rotatable bonds is 2. The first-order chi connectivity index (χ1) is 5.90. The lowest BCUT2D eigenvalue weighted by molar-refractivity contribution is 0.285. The van der Waals surface area contributed by atoms with Gasteiger partial charge in [0.15, 0.2) is 0 Å². The van der Waals surface area contributed by atoms with Crippen molar-refractivity contribution < 1.29 is 9.52 Å². The molecule has 1 heterocycles. The molecular formula is C10H14O2. The SMILES string of the molecule is OCCc1cc2c(o1)CCCC2. The third-order valence-electron chi connectivity index (χ3n) is 2.41. The molecular weight excluding hydrogens is 152 g/mol. The zero-order chi connectivity index (χ0) is 8.39. The summed E-state index contributed by atoms with van der Waals surface area (Å²) in [4.78, 5) is 0. The number of hydrogen-bond donors (Lipinski definition) is 1. The predicted octanol–water partition coefficient (Wildman–Crippen LogP) is 1.69. The van der Waals surface area contributed by atoms with Crippen molar-refractivity contribution in [2.45, 2.75) is 32.1 Å². The average molecular weight is 166 g/mol. The molecule has 0 bridgehead atoms. The number of aliphatic hydroxyl groups is 1. The summed E-state index contributed by atoms with van der Waals surface area (Å²) in [5.41, 5.74) is 1.37. The van der Waals surface area contributed by atoms with Gasteiger partial charge in [0.05, 0.1) is 6.61 Å². The zero-order valence-electron chi connectivity index (χ0n) is 7.18. The first kappa shape index (κ1) is 7.87. The highest BCUT2D eigenvalue weighted by atomic mass is 16.3. The van der Waals surface area contributed by atoms with Crippen LogP contribution in [0.2, 0.25) is 0 Å². The van der Waals surface area contributed by atoms with E-state index in [0.717, 1.165) is 24.4 Å². The highest BCUT2D eigenvalue weighted by Crippen LogP contribution is 2.24. The molecule has 0 unspecified atom stereocenters. The lowest BCUT2D eigenvalue weighted by atomic mass is 9.99. The van der Waals surface area contributed by atoms with Crippen LogP contribution in [-0.4, -0.2) is 11.7 Å². The number of fused-ring (bicyclic) bond motifs is 1. The summed E-state index contributed by atoms with van der Waals surface area (Å²) in [7, 11) is 0. The van der Waals surface area contributed by atoms with Crippen LogP contribution in [0, 0.1) is 0 Å². The molecule has 1 aliphatic carbocycles. The Hall–Kier alpha value is -0.760. The molecule has 2 rings (SSSR count). The molecule has 0 spiro atoms. The zero-order valence-corrected chi connectivity index (χ0v) is 7.18. The van der Waals surface area contributed by atoms with Gasteiger partial charge < -0.3 is 9.52 Å². The third-order valence-corrected chi connectivity index (χ3v) is 2.41. The minimum Gasteiger partial charge on any atom is -0.466 e. The lowest BCUT2D eigenvalue weighted by Gasteiger charge is -2.07. The van der Waals surface area contributed by atoms with E-state index in [0.29, 0.717) is 6.42 Å². The number of aryl methyl sites for hydroxylation is 2. The fourth-order valence-electron chi connectivity index (χ4n) is 1.79. The molecule has 1 aromatic heterocycles. The molecule has 0 saturated heterocycles. The fourth-order valence-corrected chi connectivity index (χ4v) is 1.79. The van der Waals surface area contributed by atoms with Gasteiger partial charge >= 0.3 is 0 Å². The molecule has 1 aromatic rings. The van der Waals surface area contributed by atoms with Gasteiger partial charge in [0.1, 0.15) is 11.5 Å². The highest BCUT2D eigenvalue weighted by Gasteiger charge is 2.14. The monoisotopic (exact) mass is 166 g/mol. The van der Waals surface area contributed by atoms with Crippen LogP contribution in [0.3, 0.4) is 0 Å². The second-order valence-corrected chi connectivity index (χ2v) is 3.34. The van der Waals surface area contributed by atoms with E-state index >= 15 is 0 Å². The van der Waals surface area contributed by atoms with Gasteiger partial charge in [0, 0.05) is 12.8 Å². The molecule has 1 N–H and O–H groups in total. The molecule has 2 nitrogen and oxygen atoms in total. The van der Waals surface area contributed by atoms with Crippen molar-refractivity contribution in [1.29, 1.82) is 0 Å².